The molecule has 0 fully saturated rings. The van der Waals surface area contributed by atoms with Crippen LogP contribution in [-0.2, 0) is 0 Å². The third-order valence-electron chi connectivity index (χ3n) is 4.40. The normalized spacial score (nSPS) is 10.8. The molecule has 5 nitrogen and oxygen atoms in total. The van der Waals surface area contributed by atoms with Crippen molar-refractivity contribution in [2.75, 3.05) is 5.32 Å². The summed E-state index contributed by atoms with van der Waals surface area (Å²) in [4.78, 5) is 17.3. The number of carbonyl (C=O) groups is 1. The zero-order valence-corrected chi connectivity index (χ0v) is 18.1. The van der Waals surface area contributed by atoms with E-state index < -0.39 is 5.91 Å². The molecule has 4 rings (SSSR count). The lowest BCUT2D eigenvalue weighted by atomic mass is 10.2. The molecule has 0 aliphatic rings. The third-order valence-corrected chi connectivity index (χ3v) is 5.13. The number of amides is 1. The van der Waals surface area contributed by atoms with Crippen molar-refractivity contribution >= 4 is 39.1 Å². The fourth-order valence-electron chi connectivity index (χ4n) is 2.93. The van der Waals surface area contributed by atoms with Crippen LogP contribution in [0.1, 0.15) is 16.2 Å². The number of aromatic nitrogens is 3. The maximum Gasteiger partial charge on any atom is 0.295 e. The Kier molecular flexibility index (Phi) is 5.65. The highest BCUT2D eigenvalue weighted by atomic mass is 79.9. The molecule has 1 N–H and O–H groups in total. The number of anilines is 1. The van der Waals surface area contributed by atoms with Gasteiger partial charge in [-0.1, -0.05) is 39.7 Å². The first-order chi connectivity index (χ1) is 14.4. The van der Waals surface area contributed by atoms with Crippen molar-refractivity contribution in [1.29, 1.82) is 0 Å². The second-order valence-corrected chi connectivity index (χ2v) is 7.92. The van der Waals surface area contributed by atoms with Crippen LogP contribution < -0.4 is 5.32 Å². The van der Waals surface area contributed by atoms with Gasteiger partial charge in [0.25, 0.3) is 5.91 Å². The van der Waals surface area contributed by atoms with Crippen molar-refractivity contribution < 1.29 is 9.18 Å². The van der Waals surface area contributed by atoms with Gasteiger partial charge in [-0.25, -0.2) is 14.1 Å². The minimum Gasteiger partial charge on any atom is -0.319 e. The molecule has 0 unspecified atom stereocenters. The topological polar surface area (TPSA) is 59.8 Å². The lowest BCUT2D eigenvalue weighted by Crippen LogP contribution is -2.15. The zero-order chi connectivity index (χ0) is 21.3. The van der Waals surface area contributed by atoms with Crippen molar-refractivity contribution in [3.05, 3.63) is 93.4 Å². The number of rotatable bonds is 4. The molecule has 3 aromatic carbocycles. The Bertz CT molecular complexity index is 1240. The molecule has 0 aliphatic heterocycles. The van der Waals surface area contributed by atoms with Gasteiger partial charge < -0.3 is 5.32 Å². The summed E-state index contributed by atoms with van der Waals surface area (Å²) in [5.74, 6) is -0.421. The lowest BCUT2D eigenvalue weighted by Gasteiger charge is -2.06. The molecule has 0 saturated heterocycles. The van der Waals surface area contributed by atoms with Crippen LogP contribution in [0.3, 0.4) is 0 Å². The third kappa shape index (κ3) is 4.27. The first-order valence-electron chi connectivity index (χ1n) is 8.97. The number of halogens is 3. The fourth-order valence-corrected chi connectivity index (χ4v) is 3.60. The van der Waals surface area contributed by atoms with E-state index >= 15 is 0 Å². The number of carbonyl (C=O) groups excluding carboxylic acids is 1. The second-order valence-electron chi connectivity index (χ2n) is 6.57. The van der Waals surface area contributed by atoms with Gasteiger partial charge in [-0.05, 0) is 67.1 Å². The first kappa shape index (κ1) is 20.3. The van der Waals surface area contributed by atoms with E-state index in [9.17, 15) is 9.18 Å². The Morgan fingerprint density at radius 2 is 1.87 bits per heavy atom. The van der Waals surface area contributed by atoms with Crippen molar-refractivity contribution in [2.24, 2.45) is 0 Å². The maximum atomic E-state index is 13.4. The fraction of sp³-hybridized carbons (Fsp3) is 0.0455. The van der Waals surface area contributed by atoms with Crippen LogP contribution >= 0.6 is 27.5 Å². The average Bonchev–Trinajstić information content (AvgIpc) is 3.16. The van der Waals surface area contributed by atoms with Crippen molar-refractivity contribution in [3.8, 4) is 17.1 Å². The number of hydrogen-bond acceptors (Lipinski definition) is 3. The molecule has 0 spiro atoms. The van der Waals surface area contributed by atoms with Crippen LogP contribution in [0.15, 0.2) is 71.2 Å². The number of aryl methyl sites for hydroxylation is 1. The van der Waals surface area contributed by atoms with Gasteiger partial charge in [0.2, 0.25) is 5.82 Å². The highest BCUT2D eigenvalue weighted by Gasteiger charge is 2.20. The summed E-state index contributed by atoms with van der Waals surface area (Å²) >= 11 is 9.54. The standard InChI is InChI=1S/C22H15BrClFN4O/c1-13-11-15(23)5-10-19(13)26-22(30)20-27-21(14-3-2-4-16(24)12-14)29(28-20)18-8-6-17(25)7-9-18/h2-12H,1H3,(H,26,30). The minimum absolute atomic E-state index is 0.0170. The molecule has 1 amide bonds. The van der Waals surface area contributed by atoms with Gasteiger partial charge in [-0.2, -0.15) is 0 Å². The SMILES string of the molecule is Cc1cc(Br)ccc1NC(=O)c1nc(-c2cccc(Cl)c2)n(-c2ccc(F)cc2)n1. The zero-order valence-electron chi connectivity index (χ0n) is 15.7. The highest BCUT2D eigenvalue weighted by molar-refractivity contribution is 9.10. The molecule has 1 aromatic heterocycles. The van der Waals surface area contributed by atoms with Gasteiger partial charge >= 0.3 is 0 Å². The van der Waals surface area contributed by atoms with Gasteiger partial charge in [0.05, 0.1) is 5.69 Å². The molecule has 1 heterocycles. The summed E-state index contributed by atoms with van der Waals surface area (Å²) in [6.45, 7) is 1.89. The van der Waals surface area contributed by atoms with Gasteiger partial charge in [-0.15, -0.1) is 5.10 Å². The Morgan fingerprint density at radius 1 is 1.10 bits per heavy atom. The molecule has 30 heavy (non-hydrogen) atoms. The molecule has 0 atom stereocenters. The Labute approximate surface area is 185 Å². The first-order valence-corrected chi connectivity index (χ1v) is 10.1. The van der Waals surface area contributed by atoms with Crippen LogP contribution in [0.4, 0.5) is 10.1 Å². The van der Waals surface area contributed by atoms with Gasteiger partial charge in [0.15, 0.2) is 5.82 Å². The summed E-state index contributed by atoms with van der Waals surface area (Å²) in [5.41, 5.74) is 2.80. The molecule has 0 bridgehead atoms. The van der Waals surface area contributed by atoms with Crippen molar-refractivity contribution in [2.45, 2.75) is 6.92 Å². The lowest BCUT2D eigenvalue weighted by molar-refractivity contribution is 0.101. The van der Waals surface area contributed by atoms with E-state index in [0.29, 0.717) is 27.8 Å². The van der Waals surface area contributed by atoms with E-state index in [-0.39, 0.29) is 11.6 Å². The van der Waals surface area contributed by atoms with Crippen LogP contribution in [0, 0.1) is 12.7 Å². The molecule has 8 heteroatoms. The second kappa shape index (κ2) is 8.38. The maximum absolute atomic E-state index is 13.4. The van der Waals surface area contributed by atoms with Gasteiger partial charge in [0.1, 0.15) is 5.82 Å². The highest BCUT2D eigenvalue weighted by Crippen LogP contribution is 2.25. The van der Waals surface area contributed by atoms with Crippen molar-refractivity contribution in [3.63, 3.8) is 0 Å². The predicted octanol–water partition coefficient (Wildman–Crippen LogP) is 6.05. The molecule has 0 radical (unpaired) electrons. The minimum atomic E-state index is -0.454. The van der Waals surface area contributed by atoms with Crippen molar-refractivity contribution in [1.82, 2.24) is 14.8 Å². The molecular formula is C22H15BrClFN4O. The quantitative estimate of drug-likeness (QED) is 0.383. The summed E-state index contributed by atoms with van der Waals surface area (Å²) < 4.78 is 15.8. The smallest absolute Gasteiger partial charge is 0.295 e. The number of hydrogen-bond donors (Lipinski definition) is 1. The van der Waals surface area contributed by atoms with Crippen LogP contribution in [0.2, 0.25) is 5.02 Å². The van der Waals surface area contributed by atoms with Crippen LogP contribution in [0.25, 0.3) is 17.1 Å². The predicted molar refractivity (Wildman–Crippen MR) is 119 cm³/mol. The monoisotopic (exact) mass is 484 g/mol. The Hall–Kier alpha value is -3.03. The van der Waals surface area contributed by atoms with Gasteiger partial charge in [-0.3, -0.25) is 4.79 Å². The van der Waals surface area contributed by atoms with E-state index in [1.807, 2.05) is 25.1 Å². The summed E-state index contributed by atoms with van der Waals surface area (Å²) in [7, 11) is 0. The van der Waals surface area contributed by atoms with Crippen LogP contribution in [-0.4, -0.2) is 20.7 Å². The number of nitrogens with zero attached hydrogens (tertiary/aromatic N) is 3. The summed E-state index contributed by atoms with van der Waals surface area (Å²) in [6.07, 6.45) is 0. The van der Waals surface area contributed by atoms with Gasteiger partial charge in [0, 0.05) is 20.7 Å². The van der Waals surface area contributed by atoms with E-state index in [1.54, 1.807) is 36.4 Å². The molecule has 4 aromatic rings. The molecule has 0 saturated carbocycles. The summed E-state index contributed by atoms with van der Waals surface area (Å²) in [5, 5.41) is 7.74. The molecular weight excluding hydrogens is 471 g/mol. The van der Waals surface area contributed by atoms with E-state index in [4.69, 9.17) is 11.6 Å². The largest absolute Gasteiger partial charge is 0.319 e. The molecule has 150 valence electrons. The Morgan fingerprint density at radius 3 is 2.57 bits per heavy atom. The molecule has 0 aliphatic carbocycles. The number of benzene rings is 3. The summed E-state index contributed by atoms with van der Waals surface area (Å²) in [6, 6.07) is 18.4. The Balaban J connectivity index is 1.76. The van der Waals surface area contributed by atoms with E-state index in [1.165, 1.54) is 16.8 Å². The van der Waals surface area contributed by atoms with Crippen LogP contribution in [0.5, 0.6) is 0 Å². The van der Waals surface area contributed by atoms with E-state index in [2.05, 4.69) is 31.3 Å². The van der Waals surface area contributed by atoms with E-state index in [0.717, 1.165) is 10.0 Å². The number of nitrogens with one attached hydrogen (secondary N) is 1. The average molecular weight is 486 g/mol.